The molecule has 0 aromatic heterocycles. The molecular formula is C16H19O4P. The fourth-order valence-corrected chi connectivity index (χ4v) is 4.29. The van der Waals surface area contributed by atoms with Crippen molar-refractivity contribution in [3.63, 3.8) is 0 Å². The van der Waals surface area contributed by atoms with Crippen LogP contribution in [0.3, 0.4) is 0 Å². The Labute approximate surface area is 123 Å². The summed E-state index contributed by atoms with van der Waals surface area (Å²) in [5, 5.41) is -0.0991. The summed E-state index contributed by atoms with van der Waals surface area (Å²) in [6, 6.07) is 10.9. The fourth-order valence-electron chi connectivity index (χ4n) is 2.32. The molecule has 2 rings (SSSR count). The van der Waals surface area contributed by atoms with E-state index in [1.807, 2.05) is 13.8 Å². The van der Waals surface area contributed by atoms with Gasteiger partial charge in [-0.05, 0) is 0 Å². The molecule has 4 nitrogen and oxygen atoms in total. The molecule has 2 aromatic carbocycles. The van der Waals surface area contributed by atoms with Crippen LogP contribution in [0.2, 0.25) is 0 Å². The standard InChI is InChI=1S/C16H19O4P/c1-11-9-10-15(13(3)12(11)2)21(18,19,20)16(17)14-7-5-4-6-8-14/h4-10,18-20H,1-3H3. The van der Waals surface area contributed by atoms with Crippen molar-refractivity contribution in [3.05, 3.63) is 64.7 Å². The molecule has 0 unspecified atom stereocenters. The molecule has 0 spiro atoms. The Balaban J connectivity index is 2.64. The van der Waals surface area contributed by atoms with E-state index in [0.717, 1.165) is 11.1 Å². The van der Waals surface area contributed by atoms with Gasteiger partial charge < -0.3 is 0 Å². The Morgan fingerprint density at radius 2 is 1.43 bits per heavy atom. The van der Waals surface area contributed by atoms with Crippen molar-refractivity contribution < 1.29 is 19.5 Å². The van der Waals surface area contributed by atoms with Crippen molar-refractivity contribution in [2.75, 3.05) is 0 Å². The third-order valence-corrected chi connectivity index (χ3v) is 6.25. The molecule has 0 fully saturated rings. The van der Waals surface area contributed by atoms with Crippen LogP contribution in [0.4, 0.5) is 0 Å². The summed E-state index contributed by atoms with van der Waals surface area (Å²) in [4.78, 5) is 43.8. The van der Waals surface area contributed by atoms with Crippen molar-refractivity contribution in [1.29, 1.82) is 0 Å². The van der Waals surface area contributed by atoms with Crippen molar-refractivity contribution >= 4 is 18.1 Å². The second-order valence-corrected chi connectivity index (χ2v) is 8.15. The zero-order valence-electron chi connectivity index (χ0n) is 12.2. The molecular weight excluding hydrogens is 287 g/mol. The van der Waals surface area contributed by atoms with Crippen LogP contribution in [0.1, 0.15) is 27.0 Å². The molecule has 0 bridgehead atoms. The van der Waals surface area contributed by atoms with Gasteiger partial charge >= 0.3 is 123 Å². The summed E-state index contributed by atoms with van der Waals surface area (Å²) in [7, 11) is -5.65. The van der Waals surface area contributed by atoms with Gasteiger partial charge in [-0.2, -0.15) is 0 Å². The number of carbonyl (C=O) groups excluding carboxylic acids is 1. The fraction of sp³-hybridized carbons (Fsp3) is 0.188. The van der Waals surface area contributed by atoms with Crippen LogP contribution in [0.25, 0.3) is 0 Å². The van der Waals surface area contributed by atoms with Gasteiger partial charge in [0, 0.05) is 0 Å². The normalized spacial score (nSPS) is 13.5. The van der Waals surface area contributed by atoms with Gasteiger partial charge in [-0.15, -0.1) is 0 Å². The van der Waals surface area contributed by atoms with E-state index < -0.39 is 12.8 Å². The van der Waals surface area contributed by atoms with Crippen molar-refractivity contribution in [2.45, 2.75) is 20.8 Å². The molecule has 5 heteroatoms. The van der Waals surface area contributed by atoms with E-state index >= 15 is 0 Å². The molecule has 112 valence electrons. The SMILES string of the molecule is Cc1ccc(P(O)(O)(O)C(=O)c2ccccc2)c(C)c1C. The average Bonchev–Trinajstić information content (AvgIpc) is 2.44. The maximum absolute atomic E-state index is 12.4. The Kier molecular flexibility index (Phi) is 3.77. The van der Waals surface area contributed by atoms with E-state index in [1.54, 1.807) is 31.2 Å². The van der Waals surface area contributed by atoms with E-state index in [0.29, 0.717) is 5.56 Å². The predicted octanol–water partition coefficient (Wildman–Crippen LogP) is 2.35. The maximum atomic E-state index is 12.4. The van der Waals surface area contributed by atoms with E-state index in [2.05, 4.69) is 0 Å². The zero-order valence-corrected chi connectivity index (χ0v) is 13.1. The molecule has 0 radical (unpaired) electrons. The first-order valence-corrected chi connectivity index (χ1v) is 8.67. The molecule has 21 heavy (non-hydrogen) atoms. The number of aryl methyl sites for hydroxylation is 1. The van der Waals surface area contributed by atoms with Crippen LogP contribution in [0.15, 0.2) is 42.5 Å². The van der Waals surface area contributed by atoms with E-state index in [9.17, 15) is 19.5 Å². The second kappa shape index (κ2) is 5.00. The molecule has 0 atom stereocenters. The van der Waals surface area contributed by atoms with Crippen LogP contribution >= 0.6 is 7.28 Å². The summed E-state index contributed by atoms with van der Waals surface area (Å²) in [5.74, 6) is 0. The summed E-state index contributed by atoms with van der Waals surface area (Å²) < 4.78 is 0. The molecule has 3 N–H and O–H groups in total. The first kappa shape index (κ1) is 15.8. The molecule has 0 aliphatic rings. The first-order valence-electron chi connectivity index (χ1n) is 6.57. The molecule has 2 aromatic rings. The Morgan fingerprint density at radius 3 is 2.00 bits per heavy atom. The molecule has 0 saturated carbocycles. The summed E-state index contributed by atoms with van der Waals surface area (Å²) in [5.41, 5.74) is 1.31. The minimum atomic E-state index is -5.65. The summed E-state index contributed by atoms with van der Waals surface area (Å²) >= 11 is 0. The zero-order chi connectivity index (χ0) is 15.9. The first-order chi connectivity index (χ1) is 9.63. The predicted molar refractivity (Wildman–Crippen MR) is 84.6 cm³/mol. The van der Waals surface area contributed by atoms with Gasteiger partial charge in [-0.1, -0.05) is 0 Å². The molecule has 0 aliphatic carbocycles. The van der Waals surface area contributed by atoms with Crippen LogP contribution in [0.5, 0.6) is 0 Å². The monoisotopic (exact) mass is 306 g/mol. The second-order valence-electron chi connectivity index (χ2n) is 5.30. The van der Waals surface area contributed by atoms with Crippen LogP contribution in [-0.4, -0.2) is 20.2 Å². The molecule has 0 amide bonds. The van der Waals surface area contributed by atoms with Gasteiger partial charge in [0.1, 0.15) is 0 Å². The van der Waals surface area contributed by atoms with E-state index in [1.165, 1.54) is 18.2 Å². The van der Waals surface area contributed by atoms with Gasteiger partial charge in [0.25, 0.3) is 0 Å². The quantitative estimate of drug-likeness (QED) is 0.761. The van der Waals surface area contributed by atoms with Gasteiger partial charge in [-0.3, -0.25) is 0 Å². The average molecular weight is 306 g/mol. The number of carbonyl (C=O) groups is 1. The van der Waals surface area contributed by atoms with Gasteiger partial charge in [-0.25, -0.2) is 0 Å². The van der Waals surface area contributed by atoms with Crippen molar-refractivity contribution in [3.8, 4) is 0 Å². The minimum absolute atomic E-state index is 0.0697. The van der Waals surface area contributed by atoms with Crippen LogP contribution in [0, 0.1) is 20.8 Å². The van der Waals surface area contributed by atoms with Gasteiger partial charge in [0.05, 0.1) is 0 Å². The molecule has 0 saturated heterocycles. The Bertz CT molecular complexity index is 699. The molecule has 0 heterocycles. The van der Waals surface area contributed by atoms with Crippen molar-refractivity contribution in [2.24, 2.45) is 0 Å². The van der Waals surface area contributed by atoms with Crippen LogP contribution in [-0.2, 0) is 0 Å². The van der Waals surface area contributed by atoms with Gasteiger partial charge in [0.2, 0.25) is 0 Å². The Hall–Kier alpha value is -1.58. The van der Waals surface area contributed by atoms with Gasteiger partial charge in [0.15, 0.2) is 0 Å². The number of benzene rings is 2. The number of hydrogen-bond donors (Lipinski definition) is 3. The van der Waals surface area contributed by atoms with Crippen LogP contribution < -0.4 is 5.30 Å². The third kappa shape index (κ3) is 2.63. The number of rotatable bonds is 3. The third-order valence-electron chi connectivity index (χ3n) is 3.87. The van der Waals surface area contributed by atoms with E-state index in [-0.39, 0.29) is 10.9 Å². The number of hydrogen-bond acceptors (Lipinski definition) is 4. The topological polar surface area (TPSA) is 77.8 Å². The summed E-state index contributed by atoms with van der Waals surface area (Å²) in [6.07, 6.45) is 0. The summed E-state index contributed by atoms with van der Waals surface area (Å²) in [6.45, 7) is 5.36. The van der Waals surface area contributed by atoms with Crippen molar-refractivity contribution in [1.82, 2.24) is 0 Å². The Morgan fingerprint density at radius 1 is 0.857 bits per heavy atom. The van der Waals surface area contributed by atoms with E-state index in [4.69, 9.17) is 0 Å². The molecule has 0 aliphatic heterocycles.